The summed E-state index contributed by atoms with van der Waals surface area (Å²) in [5, 5.41) is 0. The predicted molar refractivity (Wildman–Crippen MR) is 66.2 cm³/mol. The molecule has 0 saturated carbocycles. The fourth-order valence-corrected chi connectivity index (χ4v) is 1.75. The SMILES string of the molecule is C[N+]([11CH3])(c1ccccc1)c1ccccc1. The van der Waals surface area contributed by atoms with E-state index in [1.165, 1.54) is 11.4 Å². The van der Waals surface area contributed by atoms with Gasteiger partial charge in [-0.05, 0) is 24.3 Å². The Balaban J connectivity index is 2.44. The van der Waals surface area contributed by atoms with E-state index in [2.05, 4.69) is 74.8 Å². The van der Waals surface area contributed by atoms with Crippen molar-refractivity contribution in [1.29, 1.82) is 0 Å². The first kappa shape index (κ1) is 9.94. The molecule has 2 aromatic carbocycles. The molecule has 15 heavy (non-hydrogen) atoms. The van der Waals surface area contributed by atoms with E-state index >= 15 is 0 Å². The largest absolute Gasteiger partial charge is 0.264 e. The van der Waals surface area contributed by atoms with Crippen LogP contribution < -0.4 is 4.48 Å². The first-order chi connectivity index (χ1) is 7.21. The predicted octanol–water partition coefficient (Wildman–Crippen LogP) is 3.59. The van der Waals surface area contributed by atoms with Gasteiger partial charge in [0.05, 0.1) is 14.1 Å². The lowest BCUT2D eigenvalue weighted by Gasteiger charge is -2.28. The Morgan fingerprint density at radius 2 is 0.933 bits per heavy atom. The molecule has 0 unspecified atom stereocenters. The highest BCUT2D eigenvalue weighted by Gasteiger charge is 2.20. The number of hydrogen-bond acceptors (Lipinski definition) is 0. The molecule has 2 aromatic rings. The number of nitrogens with zero attached hydrogens (tertiary/aromatic N) is 1. The fourth-order valence-electron chi connectivity index (χ4n) is 1.75. The molecule has 0 fully saturated rings. The van der Waals surface area contributed by atoms with Crippen molar-refractivity contribution in [1.82, 2.24) is 4.48 Å². The van der Waals surface area contributed by atoms with E-state index in [1.54, 1.807) is 0 Å². The Labute approximate surface area is 91.2 Å². The monoisotopic (exact) mass is 197 g/mol. The van der Waals surface area contributed by atoms with Crippen LogP contribution in [0.4, 0.5) is 11.4 Å². The standard InChI is InChI=1S/C14H16N/c1-15(2,13-9-5-3-6-10-13)14-11-7-4-8-12-14/h3-12H,1-2H3/q+1/i1-1. The summed E-state index contributed by atoms with van der Waals surface area (Å²) in [7, 11) is 4.40. The molecule has 0 heterocycles. The topological polar surface area (TPSA) is 0 Å². The summed E-state index contributed by atoms with van der Waals surface area (Å²) in [6.07, 6.45) is 0. The van der Waals surface area contributed by atoms with Gasteiger partial charge in [-0.2, -0.15) is 0 Å². The summed E-state index contributed by atoms with van der Waals surface area (Å²) < 4.78 is 0.779. The van der Waals surface area contributed by atoms with Crippen LogP contribution in [0.3, 0.4) is 0 Å². The van der Waals surface area contributed by atoms with Gasteiger partial charge in [0.2, 0.25) is 0 Å². The molecule has 0 amide bonds. The minimum absolute atomic E-state index is 0.779. The minimum Gasteiger partial charge on any atom is -0.264 e. The third-order valence-electron chi connectivity index (χ3n) is 2.80. The molecule has 0 bridgehead atoms. The normalized spacial score (nSPS) is 11.3. The molecular formula is C14H16N+. The Bertz CT molecular complexity index is 376. The van der Waals surface area contributed by atoms with Gasteiger partial charge in [0, 0.05) is 0 Å². The Hall–Kier alpha value is -1.60. The molecule has 0 saturated heterocycles. The Morgan fingerprint density at radius 3 is 1.27 bits per heavy atom. The van der Waals surface area contributed by atoms with Gasteiger partial charge in [0.1, 0.15) is 11.4 Å². The van der Waals surface area contributed by atoms with E-state index in [4.69, 9.17) is 0 Å². The van der Waals surface area contributed by atoms with Crippen LogP contribution >= 0.6 is 0 Å². The van der Waals surface area contributed by atoms with E-state index in [-0.39, 0.29) is 0 Å². The zero-order valence-electron chi connectivity index (χ0n) is 9.22. The molecule has 0 atom stereocenters. The van der Waals surface area contributed by atoms with Crippen LogP contribution in [0.25, 0.3) is 0 Å². The van der Waals surface area contributed by atoms with Crippen molar-refractivity contribution in [2.45, 2.75) is 0 Å². The van der Waals surface area contributed by atoms with Crippen molar-refractivity contribution in [3.05, 3.63) is 60.7 Å². The van der Waals surface area contributed by atoms with Crippen LogP contribution in [0.2, 0.25) is 0 Å². The zero-order chi connectivity index (χ0) is 10.7. The van der Waals surface area contributed by atoms with E-state index in [0.717, 1.165) is 4.48 Å². The highest BCUT2D eigenvalue weighted by Crippen LogP contribution is 2.29. The Morgan fingerprint density at radius 1 is 0.600 bits per heavy atom. The quantitative estimate of drug-likeness (QED) is 0.645. The third kappa shape index (κ3) is 1.92. The summed E-state index contributed by atoms with van der Waals surface area (Å²) in [5.41, 5.74) is 2.59. The average molecular weight is 197 g/mol. The number of benzene rings is 2. The van der Waals surface area contributed by atoms with Gasteiger partial charge in [-0.15, -0.1) is 0 Å². The van der Waals surface area contributed by atoms with Gasteiger partial charge in [-0.3, -0.25) is 4.48 Å². The summed E-state index contributed by atoms with van der Waals surface area (Å²) >= 11 is 0. The number of para-hydroxylation sites is 2. The zero-order valence-corrected chi connectivity index (χ0v) is 9.22. The van der Waals surface area contributed by atoms with Crippen LogP contribution in [-0.4, -0.2) is 14.1 Å². The molecule has 0 radical (unpaired) electrons. The number of quaternary nitrogens is 1. The molecule has 0 aromatic heterocycles. The summed E-state index contributed by atoms with van der Waals surface area (Å²) in [5.74, 6) is 0. The van der Waals surface area contributed by atoms with Crippen molar-refractivity contribution in [2.75, 3.05) is 14.1 Å². The van der Waals surface area contributed by atoms with E-state index < -0.39 is 0 Å². The minimum atomic E-state index is 0.779. The summed E-state index contributed by atoms with van der Waals surface area (Å²) in [6.45, 7) is 0. The van der Waals surface area contributed by atoms with Gasteiger partial charge >= 0.3 is 0 Å². The van der Waals surface area contributed by atoms with Crippen LogP contribution in [0.5, 0.6) is 0 Å². The van der Waals surface area contributed by atoms with Crippen molar-refractivity contribution < 1.29 is 0 Å². The smallest absolute Gasteiger partial charge is 0.137 e. The molecule has 76 valence electrons. The second kappa shape index (κ2) is 3.87. The second-order valence-electron chi connectivity index (χ2n) is 4.12. The van der Waals surface area contributed by atoms with Crippen molar-refractivity contribution in [3.63, 3.8) is 0 Å². The first-order valence-corrected chi connectivity index (χ1v) is 5.16. The van der Waals surface area contributed by atoms with Crippen molar-refractivity contribution in [3.8, 4) is 0 Å². The van der Waals surface area contributed by atoms with E-state index in [1.807, 2.05) is 0 Å². The lowest BCUT2D eigenvalue weighted by molar-refractivity contribution is 0.555. The molecule has 0 N–H and O–H groups in total. The van der Waals surface area contributed by atoms with E-state index in [0.29, 0.717) is 0 Å². The Kier molecular flexibility index (Phi) is 2.57. The second-order valence-corrected chi connectivity index (χ2v) is 4.12. The van der Waals surface area contributed by atoms with Crippen molar-refractivity contribution >= 4 is 11.4 Å². The fraction of sp³-hybridized carbons (Fsp3) is 0.143. The van der Waals surface area contributed by atoms with Crippen LogP contribution in [0, 0.1) is 0 Å². The molecule has 0 spiro atoms. The number of hydrogen-bond donors (Lipinski definition) is 0. The van der Waals surface area contributed by atoms with Gasteiger partial charge < -0.3 is 0 Å². The van der Waals surface area contributed by atoms with Gasteiger partial charge in [-0.1, -0.05) is 36.4 Å². The molecule has 0 aliphatic rings. The first-order valence-electron chi connectivity index (χ1n) is 5.16. The van der Waals surface area contributed by atoms with E-state index in [9.17, 15) is 0 Å². The maximum atomic E-state index is 2.20. The molecule has 1 nitrogen and oxygen atoms in total. The highest BCUT2D eigenvalue weighted by molar-refractivity contribution is 5.56. The summed E-state index contributed by atoms with van der Waals surface area (Å²) in [6, 6.07) is 21.1. The highest BCUT2D eigenvalue weighted by atomic mass is 15.3. The lowest BCUT2D eigenvalue weighted by atomic mass is 10.1. The number of rotatable bonds is 2. The van der Waals surface area contributed by atoms with Gasteiger partial charge in [0.15, 0.2) is 0 Å². The molecule has 0 aliphatic heterocycles. The molecule has 1 heteroatoms. The van der Waals surface area contributed by atoms with Crippen LogP contribution in [0.1, 0.15) is 0 Å². The molecule has 2 rings (SSSR count). The van der Waals surface area contributed by atoms with Crippen molar-refractivity contribution in [2.24, 2.45) is 0 Å². The maximum absolute atomic E-state index is 2.20. The average Bonchev–Trinajstić information content (AvgIpc) is 2.31. The van der Waals surface area contributed by atoms with Crippen LogP contribution in [0.15, 0.2) is 60.7 Å². The lowest BCUT2D eigenvalue weighted by Crippen LogP contribution is -2.33. The maximum Gasteiger partial charge on any atom is 0.137 e. The molecular weight excluding hydrogens is 181 g/mol. The molecule has 0 aliphatic carbocycles. The summed E-state index contributed by atoms with van der Waals surface area (Å²) in [4.78, 5) is 0. The van der Waals surface area contributed by atoms with Gasteiger partial charge in [-0.25, -0.2) is 0 Å². The van der Waals surface area contributed by atoms with Gasteiger partial charge in [0.25, 0.3) is 0 Å². The van der Waals surface area contributed by atoms with Crippen LogP contribution in [-0.2, 0) is 0 Å². The third-order valence-corrected chi connectivity index (χ3v) is 2.80.